The van der Waals surface area contributed by atoms with E-state index in [1.54, 1.807) is 19.0 Å². The fraction of sp³-hybridized carbons (Fsp3) is 0.870. The zero-order chi connectivity index (χ0) is 22.8. The molecule has 170 valence electrons. The number of Topliss-reactive ketones (excluding diaryl/α,β-unsaturated/α-hetero) is 1. The van der Waals surface area contributed by atoms with E-state index < -0.39 is 11.5 Å². The highest BCUT2D eigenvalue weighted by molar-refractivity contribution is 8.00. The van der Waals surface area contributed by atoms with Crippen molar-refractivity contribution in [2.24, 2.45) is 5.41 Å². The third kappa shape index (κ3) is 11.7. The molecule has 2 amide bonds. The molecule has 0 aromatic heterocycles. The van der Waals surface area contributed by atoms with Crippen LogP contribution in [0.4, 0.5) is 0 Å². The lowest BCUT2D eigenvalue weighted by atomic mass is 9.86. The number of hydrogen-bond donors (Lipinski definition) is 0. The van der Waals surface area contributed by atoms with Crippen molar-refractivity contribution in [1.82, 2.24) is 9.80 Å². The Hall–Kier alpha value is -1.04. The van der Waals surface area contributed by atoms with Crippen LogP contribution in [0.25, 0.3) is 0 Å². The summed E-state index contributed by atoms with van der Waals surface area (Å²) in [4.78, 5) is 41.6. The first-order valence-corrected chi connectivity index (χ1v) is 11.9. The maximum absolute atomic E-state index is 13.0. The summed E-state index contributed by atoms with van der Waals surface area (Å²) in [6, 6.07) is -0.722. The molecule has 0 saturated heterocycles. The third-order valence-electron chi connectivity index (χ3n) is 4.90. The highest BCUT2D eigenvalue weighted by Gasteiger charge is 2.34. The fourth-order valence-corrected chi connectivity index (χ4v) is 3.70. The number of amides is 2. The van der Waals surface area contributed by atoms with Crippen LogP contribution in [-0.4, -0.2) is 64.6 Å². The first kappa shape index (κ1) is 28.0. The smallest absolute Gasteiger partial charge is 0.245 e. The minimum atomic E-state index is -0.722. The number of thioether (sulfide) groups is 1. The highest BCUT2D eigenvalue weighted by Crippen LogP contribution is 2.25. The van der Waals surface area contributed by atoms with Crippen LogP contribution in [0.5, 0.6) is 0 Å². The van der Waals surface area contributed by atoms with Crippen LogP contribution in [0.3, 0.4) is 0 Å². The van der Waals surface area contributed by atoms with Crippen molar-refractivity contribution in [3.8, 4) is 0 Å². The maximum atomic E-state index is 13.0. The second-order valence-electron chi connectivity index (χ2n) is 9.93. The molecule has 1 unspecified atom stereocenters. The highest BCUT2D eigenvalue weighted by atomic mass is 32.2. The van der Waals surface area contributed by atoms with Crippen LogP contribution >= 0.6 is 11.8 Å². The van der Waals surface area contributed by atoms with Gasteiger partial charge in [0, 0.05) is 43.6 Å². The summed E-state index contributed by atoms with van der Waals surface area (Å²) in [5, 5.41) is 0. The quantitative estimate of drug-likeness (QED) is 0.420. The van der Waals surface area contributed by atoms with Gasteiger partial charge in [0.2, 0.25) is 11.8 Å². The van der Waals surface area contributed by atoms with E-state index in [1.807, 2.05) is 32.5 Å². The van der Waals surface area contributed by atoms with E-state index >= 15 is 0 Å². The molecule has 0 spiro atoms. The number of nitrogens with zero attached hydrogens (tertiary/aromatic N) is 2. The van der Waals surface area contributed by atoms with Gasteiger partial charge < -0.3 is 9.80 Å². The Morgan fingerprint density at radius 1 is 0.931 bits per heavy atom. The van der Waals surface area contributed by atoms with Gasteiger partial charge in [-0.25, -0.2) is 0 Å². The zero-order valence-corrected chi connectivity index (χ0v) is 21.1. The topological polar surface area (TPSA) is 57.7 Å². The molecule has 0 aliphatic rings. The van der Waals surface area contributed by atoms with Crippen LogP contribution < -0.4 is 0 Å². The van der Waals surface area contributed by atoms with Crippen molar-refractivity contribution in [3.63, 3.8) is 0 Å². The van der Waals surface area contributed by atoms with Crippen molar-refractivity contribution < 1.29 is 14.4 Å². The molecule has 0 fully saturated rings. The Morgan fingerprint density at radius 2 is 1.52 bits per heavy atom. The molecule has 0 aromatic rings. The lowest BCUT2D eigenvalue weighted by Crippen LogP contribution is -2.50. The van der Waals surface area contributed by atoms with E-state index in [0.29, 0.717) is 13.0 Å². The second-order valence-corrected chi connectivity index (χ2v) is 11.9. The van der Waals surface area contributed by atoms with Crippen LogP contribution in [0.15, 0.2) is 0 Å². The molecule has 5 nitrogen and oxygen atoms in total. The van der Waals surface area contributed by atoms with E-state index in [4.69, 9.17) is 0 Å². The Morgan fingerprint density at radius 3 is 2.00 bits per heavy atom. The summed E-state index contributed by atoms with van der Waals surface area (Å²) >= 11 is 1.90. The molecule has 0 N–H and O–H groups in total. The van der Waals surface area contributed by atoms with E-state index in [9.17, 15) is 14.4 Å². The van der Waals surface area contributed by atoms with Crippen molar-refractivity contribution >= 4 is 29.4 Å². The average Bonchev–Trinajstić information content (AvgIpc) is 2.60. The molecule has 0 saturated carbocycles. The fourth-order valence-electron chi connectivity index (χ4n) is 2.74. The van der Waals surface area contributed by atoms with Gasteiger partial charge in [-0.15, -0.1) is 0 Å². The molecule has 0 bridgehead atoms. The Kier molecular flexibility index (Phi) is 12.2. The molecule has 6 heteroatoms. The van der Waals surface area contributed by atoms with E-state index in [2.05, 4.69) is 27.7 Å². The molecular weight excluding hydrogens is 384 g/mol. The van der Waals surface area contributed by atoms with Crippen molar-refractivity contribution in [2.45, 2.75) is 97.8 Å². The Balaban J connectivity index is 5.02. The number of unbranched alkanes of at least 4 members (excludes halogenated alkanes) is 2. The van der Waals surface area contributed by atoms with Gasteiger partial charge in [-0.2, -0.15) is 11.8 Å². The summed E-state index contributed by atoms with van der Waals surface area (Å²) < 4.78 is 0.231. The van der Waals surface area contributed by atoms with Crippen molar-refractivity contribution in [3.05, 3.63) is 0 Å². The van der Waals surface area contributed by atoms with Crippen LogP contribution in [0.1, 0.15) is 87.0 Å². The molecule has 0 aliphatic heterocycles. The predicted molar refractivity (Wildman–Crippen MR) is 124 cm³/mol. The molecule has 0 radical (unpaired) electrons. The number of ketones is 1. The van der Waals surface area contributed by atoms with Crippen LogP contribution in [-0.2, 0) is 14.4 Å². The number of carbonyl (C=O) groups is 3. The van der Waals surface area contributed by atoms with Gasteiger partial charge in [0.05, 0.1) is 0 Å². The van der Waals surface area contributed by atoms with Gasteiger partial charge in [0.15, 0.2) is 0 Å². The van der Waals surface area contributed by atoms with Gasteiger partial charge in [0.25, 0.3) is 0 Å². The summed E-state index contributed by atoms with van der Waals surface area (Å²) in [6.45, 7) is 14.8. The number of likely N-dealkylation sites (N-methyl/N-ethyl adjacent to an activating group) is 2. The maximum Gasteiger partial charge on any atom is 0.245 e. The first-order valence-electron chi connectivity index (χ1n) is 10.9. The molecule has 0 aliphatic carbocycles. The van der Waals surface area contributed by atoms with Gasteiger partial charge in [-0.1, -0.05) is 54.9 Å². The van der Waals surface area contributed by atoms with Crippen LogP contribution in [0, 0.1) is 5.41 Å². The van der Waals surface area contributed by atoms with E-state index in [0.717, 1.165) is 31.4 Å². The SMILES string of the molecule is CCCCN(C)C(=O)C(CC(=O)C(C)(C)C)N(C)C(=O)CCCCSC(C)(C)C. The molecular formula is C23H44N2O3S. The lowest BCUT2D eigenvalue weighted by molar-refractivity contribution is -0.146. The van der Waals surface area contributed by atoms with Crippen molar-refractivity contribution in [1.29, 1.82) is 0 Å². The van der Waals surface area contributed by atoms with E-state index in [1.165, 1.54) is 4.90 Å². The molecule has 0 aromatic carbocycles. The van der Waals surface area contributed by atoms with Gasteiger partial charge in [-0.3, -0.25) is 14.4 Å². The van der Waals surface area contributed by atoms with E-state index in [-0.39, 0.29) is 28.8 Å². The monoisotopic (exact) mass is 428 g/mol. The first-order chi connectivity index (χ1) is 13.2. The Bertz CT molecular complexity index is 535. The number of hydrogen-bond acceptors (Lipinski definition) is 4. The number of rotatable bonds is 12. The van der Waals surface area contributed by atoms with Gasteiger partial charge >= 0.3 is 0 Å². The minimum Gasteiger partial charge on any atom is -0.344 e. The summed E-state index contributed by atoms with van der Waals surface area (Å²) in [5.74, 6) is 0.816. The number of carbonyl (C=O) groups excluding carboxylic acids is 3. The lowest BCUT2D eigenvalue weighted by Gasteiger charge is -2.32. The molecule has 29 heavy (non-hydrogen) atoms. The van der Waals surface area contributed by atoms with Crippen LogP contribution in [0.2, 0.25) is 0 Å². The van der Waals surface area contributed by atoms with Gasteiger partial charge in [-0.05, 0) is 25.0 Å². The molecule has 0 rings (SSSR count). The summed E-state index contributed by atoms with van der Waals surface area (Å²) in [6.07, 6.45) is 4.15. The molecule has 1 atom stereocenters. The summed E-state index contributed by atoms with van der Waals surface area (Å²) in [7, 11) is 3.42. The predicted octanol–water partition coefficient (Wildman–Crippen LogP) is 4.78. The second kappa shape index (κ2) is 12.6. The van der Waals surface area contributed by atoms with Crippen molar-refractivity contribution in [2.75, 3.05) is 26.4 Å². The minimum absolute atomic E-state index is 0.000897. The average molecular weight is 429 g/mol. The Labute approximate surface area is 183 Å². The summed E-state index contributed by atoms with van der Waals surface area (Å²) in [5.41, 5.74) is -0.533. The molecule has 0 heterocycles. The standard InChI is InChI=1S/C23H44N2O3S/c1-10-11-15-24(8)21(28)18(17-19(26)22(2,3)4)25(9)20(27)14-12-13-16-29-23(5,6)7/h18H,10-17H2,1-9H3. The zero-order valence-electron chi connectivity index (χ0n) is 20.3. The largest absolute Gasteiger partial charge is 0.344 e. The van der Waals surface area contributed by atoms with Gasteiger partial charge in [0.1, 0.15) is 11.8 Å². The normalized spacial score (nSPS) is 13.1. The third-order valence-corrected chi connectivity index (χ3v) is 6.26.